The quantitative estimate of drug-likeness (QED) is 0.103. The summed E-state index contributed by atoms with van der Waals surface area (Å²) in [6, 6.07) is 17.3. The van der Waals surface area contributed by atoms with Crippen molar-refractivity contribution in [1.29, 1.82) is 5.26 Å². The second-order valence-corrected chi connectivity index (χ2v) is 9.47. The fraction of sp³-hybridized carbons (Fsp3) is 0.120. The highest BCUT2D eigenvalue weighted by atomic mass is 127. The number of nitriles is 1. The summed E-state index contributed by atoms with van der Waals surface area (Å²) in [5.74, 6) is 0.0604. The molecule has 0 saturated heterocycles. The summed E-state index contributed by atoms with van der Waals surface area (Å²) in [7, 11) is 0. The molecule has 0 aromatic heterocycles. The van der Waals surface area contributed by atoms with Crippen LogP contribution in [0.5, 0.6) is 5.75 Å². The Hall–Kier alpha value is -3.23. The number of anilines is 1. The molecule has 1 N–H and O–H groups in total. The summed E-state index contributed by atoms with van der Waals surface area (Å²) in [4.78, 5) is 23.1. The van der Waals surface area contributed by atoms with E-state index >= 15 is 0 Å². The molecule has 0 heterocycles. The van der Waals surface area contributed by atoms with E-state index < -0.39 is 10.8 Å². The van der Waals surface area contributed by atoms with E-state index in [-0.39, 0.29) is 17.9 Å². The zero-order valence-corrected chi connectivity index (χ0v) is 22.0. The zero-order chi connectivity index (χ0) is 24.8. The van der Waals surface area contributed by atoms with E-state index in [4.69, 9.17) is 4.74 Å². The number of carbonyl (C=O) groups excluding carboxylic acids is 1. The summed E-state index contributed by atoms with van der Waals surface area (Å²) < 4.78 is 7.25. The van der Waals surface area contributed by atoms with Crippen LogP contribution in [0.2, 0.25) is 0 Å². The van der Waals surface area contributed by atoms with Gasteiger partial charge in [-0.15, -0.1) is 0 Å². The number of aryl methyl sites for hydroxylation is 2. The van der Waals surface area contributed by atoms with Gasteiger partial charge >= 0.3 is 0 Å². The number of nitro groups is 1. The van der Waals surface area contributed by atoms with Crippen molar-refractivity contribution in [2.75, 3.05) is 5.32 Å². The molecule has 3 aromatic carbocycles. The van der Waals surface area contributed by atoms with E-state index in [9.17, 15) is 20.2 Å². The van der Waals surface area contributed by atoms with Crippen LogP contribution in [0.4, 0.5) is 11.4 Å². The Morgan fingerprint density at radius 1 is 1.21 bits per heavy atom. The van der Waals surface area contributed by atoms with Crippen molar-refractivity contribution in [3.63, 3.8) is 0 Å². The molecule has 9 heteroatoms. The average molecular weight is 632 g/mol. The Labute approximate surface area is 218 Å². The Kier molecular flexibility index (Phi) is 8.41. The first-order chi connectivity index (χ1) is 16.2. The van der Waals surface area contributed by atoms with Crippen LogP contribution in [0, 0.1) is 38.9 Å². The molecule has 0 unspecified atom stereocenters. The molecule has 0 aliphatic heterocycles. The highest BCUT2D eigenvalue weighted by Gasteiger charge is 2.14. The highest BCUT2D eigenvalue weighted by molar-refractivity contribution is 14.1. The third kappa shape index (κ3) is 6.42. The molecule has 0 atom stereocenters. The normalized spacial score (nSPS) is 11.0. The van der Waals surface area contributed by atoms with Crippen molar-refractivity contribution in [1.82, 2.24) is 0 Å². The van der Waals surface area contributed by atoms with E-state index in [1.54, 1.807) is 30.3 Å². The third-order valence-electron chi connectivity index (χ3n) is 4.97. The predicted molar refractivity (Wildman–Crippen MR) is 142 cm³/mol. The summed E-state index contributed by atoms with van der Waals surface area (Å²) >= 11 is 5.57. The minimum Gasteiger partial charge on any atom is -0.487 e. The van der Waals surface area contributed by atoms with E-state index in [2.05, 4.69) is 43.8 Å². The fourth-order valence-electron chi connectivity index (χ4n) is 3.05. The standard InChI is InChI=1S/C25H19BrIN3O4/c1-15-6-7-20(8-16(15)2)29-25(31)19(13-28)9-18-11-22(26)24(23(27)12-18)34-14-17-4-3-5-21(10-17)30(32)33/h3-12H,14H2,1-2H3,(H,29,31)/b19-9+. The maximum Gasteiger partial charge on any atom is 0.269 e. The molecule has 34 heavy (non-hydrogen) atoms. The van der Waals surface area contributed by atoms with Gasteiger partial charge < -0.3 is 10.1 Å². The third-order valence-corrected chi connectivity index (χ3v) is 6.36. The van der Waals surface area contributed by atoms with Crippen LogP contribution in [0.15, 0.2) is 64.6 Å². The fourth-order valence-corrected chi connectivity index (χ4v) is 4.82. The van der Waals surface area contributed by atoms with Gasteiger partial charge in [-0.05, 0) is 105 Å². The van der Waals surface area contributed by atoms with Crippen LogP contribution in [0.25, 0.3) is 6.08 Å². The van der Waals surface area contributed by atoms with Gasteiger partial charge in [0.2, 0.25) is 0 Å². The summed E-state index contributed by atoms with van der Waals surface area (Å²) in [5, 5.41) is 23.3. The molecular weight excluding hydrogens is 613 g/mol. The number of nitro benzene ring substituents is 1. The molecule has 0 aliphatic rings. The number of carbonyl (C=O) groups is 1. The second-order valence-electron chi connectivity index (χ2n) is 7.45. The lowest BCUT2D eigenvalue weighted by molar-refractivity contribution is -0.384. The number of hydrogen-bond donors (Lipinski definition) is 1. The Bertz CT molecular complexity index is 1330. The summed E-state index contributed by atoms with van der Waals surface area (Å²) in [6.45, 7) is 4.08. The van der Waals surface area contributed by atoms with Gasteiger partial charge in [0, 0.05) is 17.8 Å². The molecule has 0 aliphatic carbocycles. The SMILES string of the molecule is Cc1ccc(NC(=O)/C(C#N)=C/c2cc(Br)c(OCc3cccc([N+](=O)[O-])c3)c(I)c2)cc1C. The predicted octanol–water partition coefficient (Wildman–Crippen LogP) is 6.70. The lowest BCUT2D eigenvalue weighted by Crippen LogP contribution is -2.13. The highest BCUT2D eigenvalue weighted by Crippen LogP contribution is 2.33. The minimum absolute atomic E-state index is 0.00143. The molecule has 0 saturated carbocycles. The molecule has 172 valence electrons. The van der Waals surface area contributed by atoms with Crippen molar-refractivity contribution >= 4 is 61.9 Å². The molecule has 0 fully saturated rings. The monoisotopic (exact) mass is 631 g/mol. The van der Waals surface area contributed by atoms with E-state index in [1.807, 2.05) is 32.0 Å². The average Bonchev–Trinajstić information content (AvgIpc) is 2.79. The molecule has 0 radical (unpaired) electrons. The molecule has 1 amide bonds. The lowest BCUT2D eigenvalue weighted by Gasteiger charge is -2.12. The van der Waals surface area contributed by atoms with Gasteiger partial charge in [0.05, 0.1) is 13.0 Å². The van der Waals surface area contributed by atoms with Crippen LogP contribution in [-0.4, -0.2) is 10.8 Å². The Balaban J connectivity index is 1.77. The zero-order valence-electron chi connectivity index (χ0n) is 18.3. The van der Waals surface area contributed by atoms with Crippen LogP contribution in [-0.2, 0) is 11.4 Å². The van der Waals surface area contributed by atoms with Crippen molar-refractivity contribution in [2.45, 2.75) is 20.5 Å². The van der Waals surface area contributed by atoms with Gasteiger partial charge in [0.25, 0.3) is 11.6 Å². The molecule has 7 nitrogen and oxygen atoms in total. The van der Waals surface area contributed by atoms with Crippen molar-refractivity contribution in [2.24, 2.45) is 0 Å². The molecule has 0 spiro atoms. The Morgan fingerprint density at radius 2 is 1.97 bits per heavy atom. The number of hydrogen-bond acceptors (Lipinski definition) is 5. The molecular formula is C25H19BrIN3O4. The number of nitrogens with one attached hydrogen (secondary N) is 1. The summed E-state index contributed by atoms with van der Waals surface area (Å²) in [5.41, 5.74) is 4.04. The number of non-ortho nitro benzene ring substituents is 1. The van der Waals surface area contributed by atoms with Crippen LogP contribution in [0.3, 0.4) is 0 Å². The largest absolute Gasteiger partial charge is 0.487 e. The van der Waals surface area contributed by atoms with E-state index in [1.165, 1.54) is 18.2 Å². The number of nitrogens with zero attached hydrogens (tertiary/aromatic N) is 2. The maximum absolute atomic E-state index is 12.6. The van der Waals surface area contributed by atoms with Crippen molar-refractivity contribution in [3.05, 3.63) is 101 Å². The van der Waals surface area contributed by atoms with E-state index in [0.29, 0.717) is 27.0 Å². The first-order valence-corrected chi connectivity index (χ1v) is 11.9. The van der Waals surface area contributed by atoms with Gasteiger partial charge in [-0.1, -0.05) is 18.2 Å². The minimum atomic E-state index is -0.497. The van der Waals surface area contributed by atoms with E-state index in [0.717, 1.165) is 14.7 Å². The number of benzene rings is 3. The van der Waals surface area contributed by atoms with Gasteiger partial charge in [-0.25, -0.2) is 0 Å². The van der Waals surface area contributed by atoms with Gasteiger partial charge in [0.1, 0.15) is 24.0 Å². The topological polar surface area (TPSA) is 105 Å². The van der Waals surface area contributed by atoms with Gasteiger partial charge in [-0.3, -0.25) is 14.9 Å². The number of ether oxygens (including phenoxy) is 1. The van der Waals surface area contributed by atoms with Crippen molar-refractivity contribution in [3.8, 4) is 11.8 Å². The summed E-state index contributed by atoms with van der Waals surface area (Å²) in [6.07, 6.45) is 1.51. The number of amides is 1. The first kappa shape index (κ1) is 25.4. The second kappa shape index (κ2) is 11.3. The van der Waals surface area contributed by atoms with Crippen LogP contribution < -0.4 is 10.1 Å². The molecule has 3 aromatic rings. The Morgan fingerprint density at radius 3 is 2.62 bits per heavy atom. The molecule has 3 rings (SSSR count). The number of halogens is 2. The van der Waals surface area contributed by atoms with Gasteiger partial charge in [-0.2, -0.15) is 5.26 Å². The number of rotatable bonds is 7. The smallest absolute Gasteiger partial charge is 0.269 e. The van der Waals surface area contributed by atoms with Gasteiger partial charge in [0.15, 0.2) is 0 Å². The lowest BCUT2D eigenvalue weighted by atomic mass is 10.1. The van der Waals surface area contributed by atoms with Crippen LogP contribution >= 0.6 is 38.5 Å². The first-order valence-electron chi connectivity index (χ1n) is 10.0. The van der Waals surface area contributed by atoms with Crippen molar-refractivity contribution < 1.29 is 14.5 Å². The molecule has 0 bridgehead atoms. The van der Waals surface area contributed by atoms with Crippen LogP contribution in [0.1, 0.15) is 22.3 Å². The maximum atomic E-state index is 12.6.